The lowest BCUT2D eigenvalue weighted by Crippen LogP contribution is -2.16. The number of amides is 1. The first kappa shape index (κ1) is 18.9. The zero-order chi connectivity index (χ0) is 17.9. The van der Waals surface area contributed by atoms with Crippen LogP contribution >= 0.6 is 35.0 Å². The Morgan fingerprint density at radius 1 is 1.04 bits per heavy atom. The van der Waals surface area contributed by atoms with E-state index in [2.05, 4.69) is 4.72 Å². The Kier molecular flexibility index (Phi) is 6.03. The molecule has 128 valence electrons. The summed E-state index contributed by atoms with van der Waals surface area (Å²) < 4.78 is 27.2. The maximum atomic E-state index is 12.4. The lowest BCUT2D eigenvalue weighted by atomic mass is 10.3. The molecule has 0 fully saturated rings. The molecule has 1 N–H and O–H groups in total. The Morgan fingerprint density at radius 2 is 1.58 bits per heavy atom. The van der Waals surface area contributed by atoms with E-state index >= 15 is 0 Å². The quantitative estimate of drug-likeness (QED) is 0.757. The van der Waals surface area contributed by atoms with Gasteiger partial charge in [0.2, 0.25) is 0 Å². The molecule has 2 aromatic rings. The molecule has 0 aliphatic heterocycles. The van der Waals surface area contributed by atoms with Crippen molar-refractivity contribution in [2.45, 2.75) is 9.79 Å². The third kappa shape index (κ3) is 5.04. The number of hydrogen-bond acceptors (Lipinski definition) is 4. The second-order valence-corrected chi connectivity index (χ2v) is 8.58. The molecule has 1 amide bonds. The molecule has 2 rings (SSSR count). The summed E-state index contributed by atoms with van der Waals surface area (Å²) in [6.07, 6.45) is 0. The van der Waals surface area contributed by atoms with E-state index in [9.17, 15) is 13.2 Å². The highest BCUT2D eigenvalue weighted by Gasteiger charge is 2.16. The summed E-state index contributed by atoms with van der Waals surface area (Å²) >= 11 is 12.7. The van der Waals surface area contributed by atoms with Crippen molar-refractivity contribution in [3.05, 3.63) is 52.5 Å². The van der Waals surface area contributed by atoms with Gasteiger partial charge in [-0.25, -0.2) is 8.42 Å². The van der Waals surface area contributed by atoms with E-state index in [-0.39, 0.29) is 20.2 Å². The van der Waals surface area contributed by atoms with Crippen LogP contribution in [0.5, 0.6) is 0 Å². The third-order valence-corrected chi connectivity index (χ3v) is 5.67. The first-order chi connectivity index (χ1) is 11.2. The number of nitrogens with zero attached hydrogens (tertiary/aromatic N) is 1. The Morgan fingerprint density at radius 3 is 2.08 bits per heavy atom. The fraction of sp³-hybridized carbons (Fsp3) is 0.133. The molecule has 0 atom stereocenters. The zero-order valence-corrected chi connectivity index (χ0v) is 15.9. The molecule has 0 radical (unpaired) electrons. The molecule has 5 nitrogen and oxygen atoms in total. The molecule has 24 heavy (non-hydrogen) atoms. The minimum absolute atomic E-state index is 0.0266. The summed E-state index contributed by atoms with van der Waals surface area (Å²) in [7, 11) is -0.487. The molecular weight excluding hydrogens is 391 g/mol. The Balaban J connectivity index is 2.17. The number of hydrogen-bond donors (Lipinski definition) is 1. The number of carbonyl (C=O) groups excluding carboxylic acids is 1. The minimum atomic E-state index is -3.81. The second kappa shape index (κ2) is 7.65. The number of halogens is 2. The van der Waals surface area contributed by atoms with Crippen molar-refractivity contribution < 1.29 is 13.2 Å². The van der Waals surface area contributed by atoms with Gasteiger partial charge in [-0.15, -0.1) is 0 Å². The van der Waals surface area contributed by atoms with E-state index in [1.165, 1.54) is 23.1 Å². The van der Waals surface area contributed by atoms with Crippen LogP contribution in [0, 0.1) is 0 Å². The van der Waals surface area contributed by atoms with Crippen LogP contribution in [0.15, 0.2) is 52.3 Å². The first-order valence-corrected chi connectivity index (χ1v) is 9.71. The van der Waals surface area contributed by atoms with Crippen LogP contribution in [0.1, 0.15) is 0 Å². The number of rotatable bonds is 4. The number of carbonyl (C=O) groups is 1. The van der Waals surface area contributed by atoms with Crippen molar-refractivity contribution in [3.8, 4) is 0 Å². The fourth-order valence-electron chi connectivity index (χ4n) is 1.68. The first-order valence-electron chi connectivity index (χ1n) is 6.65. The largest absolute Gasteiger partial charge is 0.339 e. The molecule has 0 saturated carbocycles. The predicted octanol–water partition coefficient (Wildman–Crippen LogP) is 4.57. The average Bonchev–Trinajstić information content (AvgIpc) is 2.48. The summed E-state index contributed by atoms with van der Waals surface area (Å²) in [6.45, 7) is 0. The number of benzene rings is 2. The highest BCUT2D eigenvalue weighted by molar-refractivity contribution is 8.13. The van der Waals surface area contributed by atoms with Gasteiger partial charge < -0.3 is 4.90 Å². The van der Waals surface area contributed by atoms with Crippen molar-refractivity contribution in [1.29, 1.82) is 0 Å². The Hall–Kier alpha value is -1.41. The van der Waals surface area contributed by atoms with Crippen molar-refractivity contribution >= 4 is 55.9 Å². The maximum Gasteiger partial charge on any atom is 0.285 e. The Labute approximate surface area is 155 Å². The van der Waals surface area contributed by atoms with Crippen LogP contribution in [0.4, 0.5) is 10.5 Å². The molecule has 2 aromatic carbocycles. The average molecular weight is 405 g/mol. The van der Waals surface area contributed by atoms with E-state index in [1.807, 2.05) is 0 Å². The number of nitrogens with one attached hydrogen (secondary N) is 1. The Bertz CT molecular complexity index is 833. The summed E-state index contributed by atoms with van der Waals surface area (Å²) in [6, 6.07) is 10.6. The second-order valence-electron chi connectivity index (χ2n) is 5.00. The molecule has 9 heteroatoms. The SMILES string of the molecule is CN(C)C(=O)Sc1ccc(NS(=O)(=O)c2cc(Cl)cc(Cl)c2)cc1. The molecule has 0 aliphatic rings. The van der Waals surface area contributed by atoms with Crippen LogP contribution in [0.25, 0.3) is 0 Å². The molecule has 0 heterocycles. The third-order valence-electron chi connectivity index (χ3n) is 2.82. The highest BCUT2D eigenvalue weighted by Crippen LogP contribution is 2.26. The summed E-state index contributed by atoms with van der Waals surface area (Å²) in [4.78, 5) is 13.8. The van der Waals surface area contributed by atoms with Crippen LogP contribution in [-0.2, 0) is 10.0 Å². The van der Waals surface area contributed by atoms with Crippen LogP contribution in [0.3, 0.4) is 0 Å². The number of sulfonamides is 1. The molecule has 0 saturated heterocycles. The topological polar surface area (TPSA) is 66.5 Å². The predicted molar refractivity (Wildman–Crippen MR) is 98.7 cm³/mol. The standard InChI is InChI=1S/C15H14Cl2N2O3S2/c1-19(2)15(20)23-13-5-3-12(4-6-13)18-24(21,22)14-8-10(16)7-11(17)9-14/h3-9,18H,1-2H3. The molecule has 0 aromatic heterocycles. The summed E-state index contributed by atoms with van der Waals surface area (Å²) in [5, 5.41) is 0.352. The van der Waals surface area contributed by atoms with Gasteiger partial charge in [0.1, 0.15) is 0 Å². The lowest BCUT2D eigenvalue weighted by Gasteiger charge is -2.11. The van der Waals surface area contributed by atoms with Crippen LogP contribution in [-0.4, -0.2) is 32.7 Å². The van der Waals surface area contributed by atoms with Crippen molar-refractivity contribution in [2.75, 3.05) is 18.8 Å². The monoisotopic (exact) mass is 404 g/mol. The van der Waals surface area contributed by atoms with Crippen LogP contribution < -0.4 is 4.72 Å². The lowest BCUT2D eigenvalue weighted by molar-refractivity contribution is 0.241. The van der Waals surface area contributed by atoms with Gasteiger partial charge in [0.25, 0.3) is 15.3 Å². The van der Waals surface area contributed by atoms with Crippen molar-refractivity contribution in [3.63, 3.8) is 0 Å². The van der Waals surface area contributed by atoms with Gasteiger partial charge in [-0.1, -0.05) is 23.2 Å². The van der Waals surface area contributed by atoms with E-state index in [0.717, 1.165) is 11.8 Å². The van der Waals surface area contributed by atoms with Gasteiger partial charge in [-0.05, 0) is 54.2 Å². The van der Waals surface area contributed by atoms with Crippen molar-refractivity contribution in [1.82, 2.24) is 4.90 Å². The van der Waals surface area contributed by atoms with Crippen LogP contribution in [0.2, 0.25) is 10.0 Å². The van der Waals surface area contributed by atoms with Gasteiger partial charge >= 0.3 is 0 Å². The highest BCUT2D eigenvalue weighted by atomic mass is 35.5. The van der Waals surface area contributed by atoms with Gasteiger partial charge in [0.15, 0.2) is 0 Å². The molecular formula is C15H14Cl2N2O3S2. The smallest absolute Gasteiger partial charge is 0.285 e. The van der Waals surface area contributed by atoms with Gasteiger partial charge in [-0.3, -0.25) is 9.52 Å². The molecule has 0 spiro atoms. The van der Waals surface area contributed by atoms with E-state index in [0.29, 0.717) is 10.6 Å². The number of anilines is 1. The van der Waals surface area contributed by atoms with Gasteiger partial charge in [0, 0.05) is 34.7 Å². The minimum Gasteiger partial charge on any atom is -0.339 e. The molecule has 0 bridgehead atoms. The van der Waals surface area contributed by atoms with E-state index < -0.39 is 10.0 Å². The number of thioether (sulfide) groups is 1. The van der Waals surface area contributed by atoms with E-state index in [1.54, 1.807) is 38.4 Å². The zero-order valence-electron chi connectivity index (χ0n) is 12.8. The fourth-order valence-corrected chi connectivity index (χ4v) is 4.12. The maximum absolute atomic E-state index is 12.4. The van der Waals surface area contributed by atoms with Gasteiger partial charge in [0.05, 0.1) is 4.90 Å². The van der Waals surface area contributed by atoms with Gasteiger partial charge in [-0.2, -0.15) is 0 Å². The van der Waals surface area contributed by atoms with E-state index in [4.69, 9.17) is 23.2 Å². The molecule has 0 aliphatic carbocycles. The molecule has 0 unspecified atom stereocenters. The normalized spacial score (nSPS) is 11.2. The van der Waals surface area contributed by atoms with Crippen molar-refractivity contribution in [2.24, 2.45) is 0 Å². The summed E-state index contributed by atoms with van der Waals surface area (Å²) in [5.74, 6) is 0. The summed E-state index contributed by atoms with van der Waals surface area (Å²) in [5.41, 5.74) is 0.368.